The van der Waals surface area contributed by atoms with Gasteiger partial charge in [0, 0.05) is 5.50 Å². The average Bonchev–Trinajstić information content (AvgIpc) is 1.86. The maximum Gasteiger partial charge on any atom is 0.255 e. The fraction of sp³-hybridized carbons (Fsp3) is 0.714. The van der Waals surface area contributed by atoms with Gasteiger partial charge in [0.15, 0.2) is 8.32 Å². The van der Waals surface area contributed by atoms with Crippen LogP contribution in [0.5, 0.6) is 0 Å². The fourth-order valence-electron chi connectivity index (χ4n) is 0.747. The fourth-order valence-corrected chi connectivity index (χ4v) is 7.22. The molecule has 11 heavy (non-hydrogen) atoms. The first-order valence-corrected chi connectivity index (χ1v) is 10.1. The van der Waals surface area contributed by atoms with Crippen LogP contribution < -0.4 is 0 Å². The third-order valence-corrected chi connectivity index (χ3v) is 8.72. The molecule has 0 aliphatic carbocycles. The van der Waals surface area contributed by atoms with Crippen molar-refractivity contribution in [3.63, 3.8) is 0 Å². The van der Waals surface area contributed by atoms with Crippen LogP contribution in [0.25, 0.3) is 0 Å². The third kappa shape index (κ3) is 4.64. The summed E-state index contributed by atoms with van der Waals surface area (Å²) in [6.45, 7) is 8.22. The summed E-state index contributed by atoms with van der Waals surface area (Å²) in [6.07, 6.45) is 5.33. The van der Waals surface area contributed by atoms with Gasteiger partial charge in [-0.2, -0.15) is 0 Å². The Morgan fingerprint density at radius 3 is 2.09 bits per heavy atom. The van der Waals surface area contributed by atoms with Crippen molar-refractivity contribution in [2.45, 2.75) is 26.2 Å². The molecule has 1 nitrogen and oxygen atoms in total. The van der Waals surface area contributed by atoms with Crippen LogP contribution in [0.4, 0.5) is 0 Å². The van der Waals surface area contributed by atoms with E-state index in [-0.39, 0.29) is 0 Å². The largest absolute Gasteiger partial charge is 0.446 e. The van der Waals surface area contributed by atoms with E-state index in [0.717, 1.165) is 0 Å². The van der Waals surface area contributed by atoms with Gasteiger partial charge < -0.3 is 4.12 Å². The van der Waals surface area contributed by atoms with Crippen molar-refractivity contribution in [1.29, 1.82) is 0 Å². The van der Waals surface area contributed by atoms with Crippen molar-refractivity contribution in [2.24, 2.45) is 0 Å². The van der Waals surface area contributed by atoms with E-state index in [0.29, 0.717) is 5.50 Å². The lowest BCUT2D eigenvalue weighted by atomic mass is 11.4. The highest BCUT2D eigenvalue weighted by atomic mass is 35.5. The quantitative estimate of drug-likeness (QED) is 0.392. The van der Waals surface area contributed by atoms with Crippen molar-refractivity contribution in [1.82, 2.24) is 0 Å². The van der Waals surface area contributed by atoms with E-state index in [4.69, 9.17) is 22.1 Å². The SMILES string of the molecule is C#C[Si](C)(C)O[Si](C)(C)CCl. The van der Waals surface area contributed by atoms with E-state index in [1.807, 2.05) is 13.1 Å². The minimum Gasteiger partial charge on any atom is -0.446 e. The molecule has 0 aliphatic heterocycles. The first kappa shape index (κ1) is 11.2. The lowest BCUT2D eigenvalue weighted by molar-refractivity contribution is 0.566. The first-order valence-electron chi connectivity index (χ1n) is 3.57. The second-order valence-electron chi connectivity index (χ2n) is 3.65. The standard InChI is InChI=1S/C7H15ClOSi2/c1-6-10(2,3)9-11(4,5)7-8/h1H,7H2,2-5H3. The molecule has 0 amide bonds. The summed E-state index contributed by atoms with van der Waals surface area (Å²) in [7, 11) is -3.48. The minimum atomic E-state index is -1.83. The summed E-state index contributed by atoms with van der Waals surface area (Å²) in [6, 6.07) is 0. The van der Waals surface area contributed by atoms with Crippen LogP contribution in [0.3, 0.4) is 0 Å². The van der Waals surface area contributed by atoms with E-state index in [1.54, 1.807) is 0 Å². The van der Waals surface area contributed by atoms with E-state index in [1.165, 1.54) is 0 Å². The Morgan fingerprint density at radius 1 is 1.36 bits per heavy atom. The van der Waals surface area contributed by atoms with Gasteiger partial charge in [-0.1, -0.05) is 0 Å². The van der Waals surface area contributed by atoms with Gasteiger partial charge in [-0.05, 0) is 26.2 Å². The number of hydrogen-bond donors (Lipinski definition) is 0. The molecule has 0 bridgehead atoms. The van der Waals surface area contributed by atoms with Gasteiger partial charge >= 0.3 is 0 Å². The predicted molar refractivity (Wildman–Crippen MR) is 55.6 cm³/mol. The monoisotopic (exact) mass is 206 g/mol. The molecule has 0 aromatic carbocycles. The van der Waals surface area contributed by atoms with Crippen LogP contribution in [-0.2, 0) is 4.12 Å². The molecular formula is C7H15ClOSi2. The van der Waals surface area contributed by atoms with Crippen molar-refractivity contribution in [3.05, 3.63) is 0 Å². The summed E-state index contributed by atoms with van der Waals surface area (Å²) in [5.41, 5.74) is 3.34. The third-order valence-electron chi connectivity index (χ3n) is 1.20. The molecule has 0 fully saturated rings. The molecule has 0 aromatic heterocycles. The van der Waals surface area contributed by atoms with Crippen LogP contribution in [-0.4, -0.2) is 22.1 Å². The van der Waals surface area contributed by atoms with E-state index >= 15 is 0 Å². The molecule has 0 atom stereocenters. The molecule has 0 spiro atoms. The zero-order chi connectivity index (χ0) is 9.12. The number of terminal acetylenes is 1. The predicted octanol–water partition coefficient (Wildman–Crippen LogP) is 2.36. The molecule has 0 rings (SSSR count). The number of halogens is 1. The molecule has 0 saturated carbocycles. The van der Waals surface area contributed by atoms with Gasteiger partial charge in [0.2, 0.25) is 0 Å². The highest BCUT2D eigenvalue weighted by Crippen LogP contribution is 2.14. The molecule has 0 aliphatic rings. The van der Waals surface area contributed by atoms with Crippen LogP contribution in [0.15, 0.2) is 0 Å². The summed E-state index contributed by atoms with van der Waals surface area (Å²) in [5, 5.41) is 0. The second kappa shape index (κ2) is 3.77. The molecule has 0 saturated heterocycles. The molecule has 0 radical (unpaired) electrons. The maximum absolute atomic E-state index is 5.83. The zero-order valence-electron chi connectivity index (χ0n) is 7.57. The highest BCUT2D eigenvalue weighted by Gasteiger charge is 2.30. The van der Waals surface area contributed by atoms with Crippen LogP contribution in [0.1, 0.15) is 0 Å². The molecule has 64 valence electrons. The lowest BCUT2D eigenvalue weighted by Crippen LogP contribution is -2.45. The Morgan fingerprint density at radius 2 is 1.82 bits per heavy atom. The van der Waals surface area contributed by atoms with Gasteiger partial charge in [0.05, 0.1) is 0 Å². The molecule has 4 heteroatoms. The summed E-state index contributed by atoms with van der Waals surface area (Å²) in [4.78, 5) is 0. The Labute approximate surface area is 76.4 Å². The Hall–Kier alpha value is 0.244. The van der Waals surface area contributed by atoms with Crippen LogP contribution in [0, 0.1) is 12.0 Å². The van der Waals surface area contributed by atoms with Crippen molar-refractivity contribution >= 4 is 28.2 Å². The van der Waals surface area contributed by atoms with E-state index in [2.05, 4.69) is 18.6 Å². The minimum absolute atomic E-state index is 0.616. The second-order valence-corrected chi connectivity index (χ2v) is 12.4. The number of alkyl halides is 1. The molecule has 0 unspecified atom stereocenters. The topological polar surface area (TPSA) is 9.23 Å². The van der Waals surface area contributed by atoms with Crippen molar-refractivity contribution < 1.29 is 4.12 Å². The van der Waals surface area contributed by atoms with Gasteiger partial charge in [-0.15, -0.1) is 23.6 Å². The Balaban J connectivity index is 4.16. The highest BCUT2D eigenvalue weighted by molar-refractivity contribution is 6.91. The summed E-state index contributed by atoms with van der Waals surface area (Å²) >= 11 is 5.75. The lowest BCUT2D eigenvalue weighted by Gasteiger charge is -2.28. The normalized spacial score (nSPS) is 12.7. The molecule has 0 heterocycles. The van der Waals surface area contributed by atoms with Crippen molar-refractivity contribution in [3.8, 4) is 12.0 Å². The molecule has 0 aromatic rings. The van der Waals surface area contributed by atoms with Crippen molar-refractivity contribution in [2.75, 3.05) is 5.50 Å². The van der Waals surface area contributed by atoms with E-state index < -0.39 is 16.6 Å². The number of rotatable bonds is 3. The first-order chi connectivity index (χ1) is 4.83. The van der Waals surface area contributed by atoms with Gasteiger partial charge in [-0.3, -0.25) is 0 Å². The Bertz CT molecular complexity index is 172. The average molecular weight is 207 g/mol. The maximum atomic E-state index is 5.83. The number of hydrogen-bond acceptors (Lipinski definition) is 1. The zero-order valence-corrected chi connectivity index (χ0v) is 10.3. The van der Waals surface area contributed by atoms with Gasteiger partial charge in [-0.25, -0.2) is 0 Å². The van der Waals surface area contributed by atoms with Gasteiger partial charge in [0.25, 0.3) is 8.32 Å². The Kier molecular flexibility index (Phi) is 3.85. The summed E-state index contributed by atoms with van der Waals surface area (Å²) in [5.74, 6) is 0. The molecule has 0 N–H and O–H groups in total. The summed E-state index contributed by atoms with van der Waals surface area (Å²) < 4.78 is 5.83. The smallest absolute Gasteiger partial charge is 0.255 e. The van der Waals surface area contributed by atoms with Gasteiger partial charge in [0.1, 0.15) is 0 Å². The van der Waals surface area contributed by atoms with Crippen LogP contribution in [0.2, 0.25) is 26.2 Å². The van der Waals surface area contributed by atoms with Crippen LogP contribution >= 0.6 is 11.6 Å². The van der Waals surface area contributed by atoms with E-state index in [9.17, 15) is 0 Å². The molecular weight excluding hydrogens is 192 g/mol.